The third-order valence-corrected chi connectivity index (χ3v) is 2.70. The van der Waals surface area contributed by atoms with Crippen LogP contribution in [0.25, 0.3) is 0 Å². The van der Waals surface area contributed by atoms with Gasteiger partial charge in [0.05, 0.1) is 0 Å². The molecule has 0 aromatic carbocycles. The van der Waals surface area contributed by atoms with Gasteiger partial charge in [-0.15, -0.1) is 5.98 Å². The van der Waals surface area contributed by atoms with E-state index in [2.05, 4.69) is 6.92 Å². The maximum atomic E-state index is 11.9. The Morgan fingerprint density at radius 3 is 1.94 bits per heavy atom. The molecule has 0 saturated heterocycles. The molecule has 96 valence electrons. The third-order valence-electron chi connectivity index (χ3n) is 2.39. The zero-order chi connectivity index (χ0) is 12.4. The summed E-state index contributed by atoms with van der Waals surface area (Å²) >= 11 is 5.48. The van der Waals surface area contributed by atoms with Gasteiger partial charge in [-0.05, 0) is 17.9 Å². The molecule has 0 nitrogen and oxygen atoms in total. The third kappa shape index (κ3) is 17.5. The van der Waals surface area contributed by atoms with Crippen LogP contribution in [0.2, 0.25) is 0 Å². The quantitative estimate of drug-likeness (QED) is 0.453. The van der Waals surface area contributed by atoms with Gasteiger partial charge in [0.25, 0.3) is 0 Å². The number of allylic oxidation sites excluding steroid dienone is 1. The molecule has 0 aliphatic carbocycles. The Morgan fingerprint density at radius 2 is 1.47 bits per heavy atom. The van der Waals surface area contributed by atoms with Crippen molar-refractivity contribution in [2.75, 3.05) is 0 Å². The van der Waals surface area contributed by atoms with Crippen LogP contribution in [0.15, 0.2) is 11.0 Å². The maximum Gasteiger partial charge on any atom is 1.00 e. The summed E-state index contributed by atoms with van der Waals surface area (Å²) in [6, 6.07) is 0. The summed E-state index contributed by atoms with van der Waals surface area (Å²) in [6.07, 6.45) is 8.05. The van der Waals surface area contributed by atoms with Crippen molar-refractivity contribution in [3.8, 4) is 0 Å². The minimum atomic E-state index is -4.87. The smallest absolute Gasteiger partial charge is 0.445 e. The summed E-state index contributed by atoms with van der Waals surface area (Å²) in [5, 5.41) is -0.0546. The van der Waals surface area contributed by atoms with Crippen LogP contribution in [0.4, 0.5) is 12.9 Å². The molecule has 0 amide bonds. The van der Waals surface area contributed by atoms with Crippen LogP contribution in [0.5, 0.6) is 0 Å². The van der Waals surface area contributed by atoms with Crippen LogP contribution >= 0.6 is 11.6 Å². The first-order chi connectivity index (χ1) is 7.45. The average molecular weight is 295 g/mol. The number of halogens is 4. The van der Waals surface area contributed by atoms with E-state index in [1.807, 2.05) is 0 Å². The van der Waals surface area contributed by atoms with Crippen molar-refractivity contribution in [2.24, 2.45) is 0 Å². The summed E-state index contributed by atoms with van der Waals surface area (Å²) in [7, 11) is 0. The Bertz CT molecular complexity index is 207. The van der Waals surface area contributed by atoms with Gasteiger partial charge in [-0.25, -0.2) is 0 Å². The van der Waals surface area contributed by atoms with Crippen LogP contribution in [0.1, 0.15) is 58.3 Å². The van der Waals surface area contributed by atoms with Crippen molar-refractivity contribution >= 4 is 18.6 Å². The Labute approximate surface area is 150 Å². The van der Waals surface area contributed by atoms with E-state index in [9.17, 15) is 12.9 Å². The largest absolute Gasteiger partial charge is 1.00 e. The molecular formula is C11H20BClF3K. The molecule has 0 rings (SSSR count). The molecule has 0 heterocycles. The molecule has 0 radical (unpaired) electrons. The van der Waals surface area contributed by atoms with Gasteiger partial charge in [0.15, 0.2) is 0 Å². The van der Waals surface area contributed by atoms with Gasteiger partial charge in [0.1, 0.15) is 0 Å². The average Bonchev–Trinajstić information content (AvgIpc) is 2.13. The van der Waals surface area contributed by atoms with Crippen molar-refractivity contribution in [3.05, 3.63) is 11.0 Å². The summed E-state index contributed by atoms with van der Waals surface area (Å²) in [5.74, 6) is 0.249. The Balaban J connectivity index is 0. The monoisotopic (exact) mass is 294 g/mol. The SMILES string of the molecule is CCCCCCCCC/C(Cl)=C/[B-](F)(F)F.[K+]. The van der Waals surface area contributed by atoms with Crippen molar-refractivity contribution in [3.63, 3.8) is 0 Å². The summed E-state index contributed by atoms with van der Waals surface area (Å²) in [4.78, 5) is 0. The molecule has 0 N–H and O–H groups in total. The maximum absolute atomic E-state index is 11.9. The predicted molar refractivity (Wildman–Crippen MR) is 65.6 cm³/mol. The first-order valence-electron chi connectivity index (χ1n) is 6.03. The summed E-state index contributed by atoms with van der Waals surface area (Å²) in [6.45, 7) is -2.72. The molecule has 0 aromatic rings. The van der Waals surface area contributed by atoms with Crippen LogP contribution in [-0.4, -0.2) is 6.98 Å². The van der Waals surface area contributed by atoms with Crippen molar-refractivity contribution < 1.29 is 64.3 Å². The molecule has 0 atom stereocenters. The second-order valence-electron chi connectivity index (χ2n) is 4.11. The molecule has 0 bridgehead atoms. The number of hydrogen-bond acceptors (Lipinski definition) is 0. The molecule has 17 heavy (non-hydrogen) atoms. The van der Waals surface area contributed by atoms with E-state index < -0.39 is 6.98 Å². The number of hydrogen-bond donors (Lipinski definition) is 0. The minimum Gasteiger partial charge on any atom is -0.445 e. The van der Waals surface area contributed by atoms with Crippen LogP contribution in [0.3, 0.4) is 0 Å². The Morgan fingerprint density at radius 1 is 1.00 bits per heavy atom. The van der Waals surface area contributed by atoms with Crippen molar-refractivity contribution in [1.29, 1.82) is 0 Å². The normalized spacial score (nSPS) is 12.4. The van der Waals surface area contributed by atoms with Gasteiger partial charge in [0, 0.05) is 0 Å². The van der Waals surface area contributed by atoms with Gasteiger partial charge in [-0.2, -0.15) is 0 Å². The number of rotatable bonds is 9. The molecule has 0 spiro atoms. The minimum absolute atomic E-state index is 0. The summed E-state index contributed by atoms with van der Waals surface area (Å²) in [5.41, 5.74) is 0. The van der Waals surface area contributed by atoms with Crippen LogP contribution in [0, 0.1) is 0 Å². The van der Waals surface area contributed by atoms with E-state index in [-0.39, 0.29) is 62.4 Å². The van der Waals surface area contributed by atoms with E-state index in [1.54, 1.807) is 0 Å². The van der Waals surface area contributed by atoms with Crippen LogP contribution < -0.4 is 51.4 Å². The van der Waals surface area contributed by atoms with Gasteiger partial charge in [-0.3, -0.25) is 0 Å². The zero-order valence-corrected chi connectivity index (χ0v) is 14.7. The number of unbranched alkanes of at least 4 members (excludes halogenated alkanes) is 6. The van der Waals surface area contributed by atoms with Gasteiger partial charge in [-0.1, -0.05) is 57.0 Å². The second-order valence-corrected chi connectivity index (χ2v) is 4.60. The molecule has 0 unspecified atom stereocenters. The molecular weight excluding hydrogens is 274 g/mol. The van der Waals surface area contributed by atoms with E-state index in [0.29, 0.717) is 6.42 Å². The van der Waals surface area contributed by atoms with E-state index in [1.165, 1.54) is 25.7 Å². The fourth-order valence-corrected chi connectivity index (χ4v) is 1.82. The fourth-order valence-electron chi connectivity index (χ4n) is 1.54. The van der Waals surface area contributed by atoms with Gasteiger partial charge in [0.2, 0.25) is 0 Å². The Kier molecular flexibility index (Phi) is 15.4. The Hall–Kier alpha value is 1.52. The summed E-state index contributed by atoms with van der Waals surface area (Å²) < 4.78 is 35.8. The van der Waals surface area contributed by atoms with Gasteiger partial charge >= 0.3 is 58.4 Å². The van der Waals surface area contributed by atoms with Crippen molar-refractivity contribution in [2.45, 2.75) is 58.3 Å². The molecule has 6 heteroatoms. The first kappa shape index (κ1) is 20.8. The molecule has 0 aliphatic heterocycles. The fraction of sp³-hybridized carbons (Fsp3) is 0.818. The van der Waals surface area contributed by atoms with E-state index in [4.69, 9.17) is 11.6 Å². The molecule has 0 saturated carbocycles. The molecule has 0 fully saturated rings. The van der Waals surface area contributed by atoms with Crippen LogP contribution in [-0.2, 0) is 0 Å². The second kappa shape index (κ2) is 12.5. The predicted octanol–water partition coefficient (Wildman–Crippen LogP) is 2.64. The van der Waals surface area contributed by atoms with E-state index in [0.717, 1.165) is 19.3 Å². The van der Waals surface area contributed by atoms with E-state index >= 15 is 0 Å². The topological polar surface area (TPSA) is 0 Å². The zero-order valence-electron chi connectivity index (χ0n) is 10.8. The molecule has 0 aliphatic rings. The molecule has 0 aromatic heterocycles. The van der Waals surface area contributed by atoms with Crippen molar-refractivity contribution in [1.82, 2.24) is 0 Å². The first-order valence-corrected chi connectivity index (χ1v) is 6.40. The van der Waals surface area contributed by atoms with Gasteiger partial charge < -0.3 is 12.9 Å². The standard InChI is InChI=1S/C11H20BClF3.K/c1-2-3-4-5-6-7-8-9-11(13)10-12(14,15)16;/h10H,2-9H2,1H3;/q-1;+1/b11-10-;.